The van der Waals surface area contributed by atoms with E-state index in [0.717, 1.165) is 48.8 Å². The fourth-order valence-electron chi connectivity index (χ4n) is 4.03. The van der Waals surface area contributed by atoms with E-state index in [-0.39, 0.29) is 0 Å². The van der Waals surface area contributed by atoms with Gasteiger partial charge in [0.1, 0.15) is 0 Å². The van der Waals surface area contributed by atoms with Crippen molar-refractivity contribution >= 4 is 22.1 Å². The molecule has 3 heterocycles. The lowest BCUT2D eigenvalue weighted by atomic mass is 9.71. The Labute approximate surface area is 128 Å². The number of nitrogens with two attached hydrogens (primary N) is 1. The summed E-state index contributed by atoms with van der Waals surface area (Å²) in [6.45, 7) is 2.29. The normalized spacial score (nSPS) is 29.8. The number of rotatable bonds is 2. The van der Waals surface area contributed by atoms with Crippen molar-refractivity contribution in [3.8, 4) is 0 Å². The van der Waals surface area contributed by atoms with Crippen molar-refractivity contribution in [1.29, 1.82) is 0 Å². The molecule has 0 bridgehead atoms. The number of nitrogens with zero attached hydrogens (tertiary/aromatic N) is 3. The Morgan fingerprint density at radius 1 is 1.43 bits per heavy atom. The highest BCUT2D eigenvalue weighted by atomic mass is 32.1. The van der Waals surface area contributed by atoms with Crippen molar-refractivity contribution in [3.63, 3.8) is 0 Å². The zero-order valence-corrected chi connectivity index (χ0v) is 13.0. The van der Waals surface area contributed by atoms with Gasteiger partial charge in [-0.2, -0.15) is 0 Å². The molecule has 6 heteroatoms. The Hall–Kier alpha value is -1.11. The molecule has 2 aliphatic rings. The van der Waals surface area contributed by atoms with Crippen molar-refractivity contribution in [1.82, 2.24) is 9.38 Å². The molecule has 1 saturated heterocycles. The van der Waals surface area contributed by atoms with Crippen molar-refractivity contribution in [2.45, 2.75) is 44.2 Å². The average molecular weight is 306 g/mol. The van der Waals surface area contributed by atoms with Gasteiger partial charge >= 0.3 is 0 Å². The monoisotopic (exact) mass is 306 g/mol. The van der Waals surface area contributed by atoms with E-state index in [1.807, 2.05) is 11.6 Å². The molecule has 114 valence electrons. The van der Waals surface area contributed by atoms with Gasteiger partial charge in [-0.1, -0.05) is 12.8 Å². The predicted octanol–water partition coefficient (Wildman–Crippen LogP) is 1.99. The first-order valence-electron chi connectivity index (χ1n) is 7.83. The topological polar surface area (TPSA) is 66.8 Å². The van der Waals surface area contributed by atoms with Gasteiger partial charge in [0.15, 0.2) is 10.8 Å². The summed E-state index contributed by atoms with van der Waals surface area (Å²) in [7, 11) is 0. The van der Waals surface area contributed by atoms with E-state index in [0.29, 0.717) is 12.5 Å². The number of aliphatic hydroxyl groups is 1. The van der Waals surface area contributed by atoms with Gasteiger partial charge in [-0.05, 0) is 19.3 Å². The smallest absolute Gasteiger partial charge is 0.195 e. The van der Waals surface area contributed by atoms with E-state index in [1.165, 1.54) is 12.8 Å². The summed E-state index contributed by atoms with van der Waals surface area (Å²) in [5.74, 6) is 1.40. The van der Waals surface area contributed by atoms with Crippen LogP contribution in [0, 0.1) is 5.92 Å². The third-order valence-corrected chi connectivity index (χ3v) is 6.02. The minimum absolute atomic E-state index is 0.380. The first kappa shape index (κ1) is 13.5. The van der Waals surface area contributed by atoms with Crippen molar-refractivity contribution in [2.24, 2.45) is 11.7 Å². The molecule has 21 heavy (non-hydrogen) atoms. The molecule has 2 aromatic heterocycles. The van der Waals surface area contributed by atoms with E-state index in [2.05, 4.69) is 9.30 Å². The molecule has 1 aliphatic carbocycles. The fraction of sp³-hybridized carbons (Fsp3) is 0.667. The van der Waals surface area contributed by atoms with E-state index >= 15 is 0 Å². The highest BCUT2D eigenvalue weighted by Crippen LogP contribution is 2.41. The standard InChI is InChI=1S/C15H22N4OS/c16-9-12-13(17-14-19(12)7-8-21-14)18-6-5-15(20)4-2-1-3-11(15)10-18/h7-8,11,20H,1-6,9-10,16H2. The number of piperidine rings is 1. The van der Waals surface area contributed by atoms with E-state index in [1.54, 1.807) is 11.3 Å². The number of imidazole rings is 1. The largest absolute Gasteiger partial charge is 0.389 e. The summed E-state index contributed by atoms with van der Waals surface area (Å²) in [6.07, 6.45) is 7.40. The number of hydrogen-bond donors (Lipinski definition) is 2. The maximum Gasteiger partial charge on any atom is 0.195 e. The van der Waals surface area contributed by atoms with Crippen molar-refractivity contribution in [2.75, 3.05) is 18.0 Å². The quantitative estimate of drug-likeness (QED) is 0.890. The lowest BCUT2D eigenvalue weighted by Crippen LogP contribution is -2.53. The molecule has 4 rings (SSSR count). The minimum Gasteiger partial charge on any atom is -0.389 e. The van der Waals surface area contributed by atoms with Gasteiger partial charge < -0.3 is 15.7 Å². The van der Waals surface area contributed by atoms with Crippen LogP contribution in [0.1, 0.15) is 37.8 Å². The molecule has 3 N–H and O–H groups in total. The van der Waals surface area contributed by atoms with Crippen molar-refractivity contribution in [3.05, 3.63) is 17.3 Å². The van der Waals surface area contributed by atoms with E-state index in [9.17, 15) is 5.11 Å². The van der Waals surface area contributed by atoms with Crippen LogP contribution in [0.15, 0.2) is 11.6 Å². The van der Waals surface area contributed by atoms with Crippen LogP contribution in [0.5, 0.6) is 0 Å². The number of anilines is 1. The number of fused-ring (bicyclic) bond motifs is 2. The van der Waals surface area contributed by atoms with Gasteiger partial charge in [0.25, 0.3) is 0 Å². The van der Waals surface area contributed by atoms with Gasteiger partial charge in [-0.3, -0.25) is 4.40 Å². The highest BCUT2D eigenvalue weighted by molar-refractivity contribution is 7.15. The summed E-state index contributed by atoms with van der Waals surface area (Å²) >= 11 is 1.64. The second-order valence-corrected chi connectivity index (χ2v) is 7.26. The first-order valence-corrected chi connectivity index (χ1v) is 8.71. The molecule has 2 unspecified atom stereocenters. The Balaban J connectivity index is 1.65. The van der Waals surface area contributed by atoms with Crippen molar-refractivity contribution < 1.29 is 5.11 Å². The van der Waals surface area contributed by atoms with Gasteiger partial charge in [0.2, 0.25) is 0 Å². The molecular weight excluding hydrogens is 284 g/mol. The molecule has 0 amide bonds. The third kappa shape index (κ3) is 2.08. The van der Waals surface area contributed by atoms with Crippen LogP contribution in [-0.2, 0) is 6.54 Å². The molecule has 0 aromatic carbocycles. The van der Waals surface area contributed by atoms with Crippen LogP contribution in [-0.4, -0.2) is 33.2 Å². The molecule has 0 radical (unpaired) electrons. The molecule has 0 spiro atoms. The van der Waals surface area contributed by atoms with Crippen LogP contribution >= 0.6 is 11.3 Å². The number of hydrogen-bond acceptors (Lipinski definition) is 5. The molecular formula is C15H22N4OS. The summed E-state index contributed by atoms with van der Waals surface area (Å²) < 4.78 is 2.10. The molecule has 1 aliphatic heterocycles. The number of aromatic nitrogens is 2. The Morgan fingerprint density at radius 3 is 3.19 bits per heavy atom. The second kappa shape index (κ2) is 4.97. The summed E-state index contributed by atoms with van der Waals surface area (Å²) in [5.41, 5.74) is 6.61. The molecule has 2 fully saturated rings. The fourth-order valence-corrected chi connectivity index (χ4v) is 4.76. The third-order valence-electron chi connectivity index (χ3n) is 5.26. The van der Waals surface area contributed by atoms with Crippen LogP contribution in [0.3, 0.4) is 0 Å². The molecule has 2 atom stereocenters. The Kier molecular flexibility index (Phi) is 3.20. The van der Waals surface area contributed by atoms with Gasteiger partial charge in [0.05, 0.1) is 11.3 Å². The highest BCUT2D eigenvalue weighted by Gasteiger charge is 2.43. The lowest BCUT2D eigenvalue weighted by Gasteiger charge is -2.47. The van der Waals surface area contributed by atoms with Gasteiger partial charge in [0, 0.05) is 37.1 Å². The Bertz CT molecular complexity index is 651. The SMILES string of the molecule is NCc1c(N2CCC3(O)CCCCC3C2)nc2sccn12. The maximum atomic E-state index is 10.8. The average Bonchev–Trinajstić information content (AvgIpc) is 3.06. The zero-order valence-electron chi connectivity index (χ0n) is 12.2. The molecule has 5 nitrogen and oxygen atoms in total. The van der Waals surface area contributed by atoms with Crippen LogP contribution in [0.2, 0.25) is 0 Å². The summed E-state index contributed by atoms with van der Waals surface area (Å²) in [4.78, 5) is 8.12. The van der Waals surface area contributed by atoms with Gasteiger partial charge in [-0.15, -0.1) is 11.3 Å². The number of thiazole rings is 1. The van der Waals surface area contributed by atoms with Crippen LogP contribution < -0.4 is 10.6 Å². The van der Waals surface area contributed by atoms with E-state index < -0.39 is 5.60 Å². The summed E-state index contributed by atoms with van der Waals surface area (Å²) in [5, 5.41) is 12.9. The second-order valence-electron chi connectivity index (χ2n) is 6.38. The Morgan fingerprint density at radius 2 is 2.33 bits per heavy atom. The van der Waals surface area contributed by atoms with Crippen LogP contribution in [0.4, 0.5) is 5.82 Å². The van der Waals surface area contributed by atoms with Crippen LogP contribution in [0.25, 0.3) is 4.96 Å². The van der Waals surface area contributed by atoms with Gasteiger partial charge in [-0.25, -0.2) is 4.98 Å². The first-order chi connectivity index (χ1) is 10.2. The summed E-state index contributed by atoms with van der Waals surface area (Å²) in [6, 6.07) is 0. The molecule has 2 aromatic rings. The lowest BCUT2D eigenvalue weighted by molar-refractivity contribution is -0.0613. The minimum atomic E-state index is -0.436. The van der Waals surface area contributed by atoms with E-state index in [4.69, 9.17) is 10.7 Å². The molecule has 1 saturated carbocycles. The zero-order chi connectivity index (χ0) is 14.4. The maximum absolute atomic E-state index is 10.8. The predicted molar refractivity (Wildman–Crippen MR) is 84.7 cm³/mol.